The monoisotopic (exact) mass is 296 g/mol. The maximum absolute atomic E-state index is 12.0. The fourth-order valence-electron chi connectivity index (χ4n) is 2.95. The van der Waals surface area contributed by atoms with Gasteiger partial charge in [0, 0.05) is 12.2 Å². The van der Waals surface area contributed by atoms with Gasteiger partial charge in [0.05, 0.1) is 6.42 Å². The van der Waals surface area contributed by atoms with Gasteiger partial charge in [0.25, 0.3) is 0 Å². The summed E-state index contributed by atoms with van der Waals surface area (Å²) in [5.74, 6) is 0.115. The lowest BCUT2D eigenvalue weighted by Gasteiger charge is -2.27. The van der Waals surface area contributed by atoms with Gasteiger partial charge in [-0.1, -0.05) is 31.9 Å². The molecule has 1 aromatic rings. The number of benzene rings is 1. The van der Waals surface area contributed by atoms with Crippen LogP contribution in [0, 0.1) is 5.41 Å². The minimum absolute atomic E-state index is 0. The number of carbonyl (C=O) groups is 1. The second-order valence-electron chi connectivity index (χ2n) is 5.76. The van der Waals surface area contributed by atoms with Gasteiger partial charge >= 0.3 is 0 Å². The molecule has 0 unspecified atom stereocenters. The van der Waals surface area contributed by atoms with Gasteiger partial charge < -0.3 is 11.1 Å². The van der Waals surface area contributed by atoms with Crippen molar-refractivity contribution in [1.82, 2.24) is 5.32 Å². The molecule has 1 saturated carbocycles. The Bertz CT molecular complexity index is 425. The highest BCUT2D eigenvalue weighted by Gasteiger charge is 2.32. The van der Waals surface area contributed by atoms with Crippen molar-refractivity contribution in [3.8, 4) is 0 Å². The largest absolute Gasteiger partial charge is 0.399 e. The van der Waals surface area contributed by atoms with E-state index >= 15 is 0 Å². The first kappa shape index (κ1) is 16.8. The van der Waals surface area contributed by atoms with Gasteiger partial charge in [-0.25, -0.2) is 0 Å². The molecule has 3 nitrogen and oxygen atoms in total. The van der Waals surface area contributed by atoms with Crippen LogP contribution in [0.25, 0.3) is 0 Å². The highest BCUT2D eigenvalue weighted by molar-refractivity contribution is 5.85. The molecule has 20 heavy (non-hydrogen) atoms. The van der Waals surface area contributed by atoms with Crippen LogP contribution in [0.1, 0.15) is 44.6 Å². The third kappa shape index (κ3) is 4.41. The zero-order valence-electron chi connectivity index (χ0n) is 12.2. The third-order valence-corrected chi connectivity index (χ3v) is 4.42. The molecule has 0 atom stereocenters. The molecular weight excluding hydrogens is 272 g/mol. The van der Waals surface area contributed by atoms with Gasteiger partial charge in [0.2, 0.25) is 5.91 Å². The molecule has 1 aliphatic rings. The summed E-state index contributed by atoms with van der Waals surface area (Å²) >= 11 is 0. The average Bonchev–Trinajstić information content (AvgIpc) is 2.89. The van der Waals surface area contributed by atoms with Crippen LogP contribution in [0.15, 0.2) is 24.3 Å². The van der Waals surface area contributed by atoms with Gasteiger partial charge in [-0.3, -0.25) is 4.79 Å². The predicted molar refractivity (Wildman–Crippen MR) is 86.0 cm³/mol. The summed E-state index contributed by atoms with van der Waals surface area (Å²) in [6.45, 7) is 3.06. The molecular formula is C16H25ClN2O. The number of hydrogen-bond donors (Lipinski definition) is 2. The molecule has 0 aliphatic heterocycles. The number of nitrogens with one attached hydrogen (secondary N) is 1. The van der Waals surface area contributed by atoms with E-state index in [0.717, 1.165) is 24.2 Å². The topological polar surface area (TPSA) is 55.1 Å². The molecule has 2 rings (SSSR count). The van der Waals surface area contributed by atoms with Gasteiger partial charge in [-0.05, 0) is 42.4 Å². The minimum Gasteiger partial charge on any atom is -0.399 e. The van der Waals surface area contributed by atoms with Crippen molar-refractivity contribution in [2.24, 2.45) is 5.41 Å². The van der Waals surface area contributed by atoms with Crippen molar-refractivity contribution >= 4 is 24.0 Å². The molecule has 0 saturated heterocycles. The summed E-state index contributed by atoms with van der Waals surface area (Å²) in [7, 11) is 0. The molecule has 0 heterocycles. The fraction of sp³-hybridized carbons (Fsp3) is 0.562. The quantitative estimate of drug-likeness (QED) is 0.819. The molecule has 112 valence electrons. The molecule has 0 spiro atoms. The van der Waals surface area contributed by atoms with Gasteiger partial charge in [0.15, 0.2) is 0 Å². The van der Waals surface area contributed by atoms with Crippen LogP contribution >= 0.6 is 12.4 Å². The average molecular weight is 297 g/mol. The Hall–Kier alpha value is -1.22. The number of halogens is 1. The zero-order valence-corrected chi connectivity index (χ0v) is 13.0. The summed E-state index contributed by atoms with van der Waals surface area (Å²) in [5.41, 5.74) is 7.75. The molecule has 1 fully saturated rings. The summed E-state index contributed by atoms with van der Waals surface area (Å²) in [5, 5.41) is 3.11. The van der Waals surface area contributed by atoms with Gasteiger partial charge in [-0.15, -0.1) is 12.4 Å². The Kier molecular flexibility index (Phi) is 6.34. The van der Waals surface area contributed by atoms with Crippen molar-refractivity contribution in [3.63, 3.8) is 0 Å². The number of nitrogen functional groups attached to an aromatic ring is 1. The van der Waals surface area contributed by atoms with Gasteiger partial charge in [0.1, 0.15) is 0 Å². The van der Waals surface area contributed by atoms with Crippen molar-refractivity contribution in [2.75, 3.05) is 12.3 Å². The van der Waals surface area contributed by atoms with Crippen molar-refractivity contribution < 1.29 is 4.79 Å². The van der Waals surface area contributed by atoms with Crippen LogP contribution < -0.4 is 11.1 Å². The molecule has 3 N–H and O–H groups in total. The van der Waals surface area contributed by atoms with E-state index in [0.29, 0.717) is 11.8 Å². The maximum atomic E-state index is 12.0. The van der Waals surface area contributed by atoms with Gasteiger partial charge in [-0.2, -0.15) is 0 Å². The maximum Gasteiger partial charge on any atom is 0.224 e. The van der Waals surface area contributed by atoms with Crippen molar-refractivity contribution in [3.05, 3.63) is 29.8 Å². The predicted octanol–water partition coefficient (Wildman–Crippen LogP) is 3.32. The summed E-state index contributed by atoms with van der Waals surface area (Å²) in [6, 6.07) is 7.51. The first-order chi connectivity index (χ1) is 9.13. The number of hydrogen-bond acceptors (Lipinski definition) is 2. The molecule has 1 aliphatic carbocycles. The molecule has 0 radical (unpaired) electrons. The molecule has 1 amide bonds. The lowest BCUT2D eigenvalue weighted by Crippen LogP contribution is -2.36. The number of anilines is 1. The van der Waals surface area contributed by atoms with Crippen LogP contribution in [0.4, 0.5) is 5.69 Å². The Labute approximate surface area is 127 Å². The third-order valence-electron chi connectivity index (χ3n) is 4.42. The SMILES string of the molecule is CCC1(CNC(=O)Cc2ccc(N)cc2)CCCC1.Cl. The van der Waals surface area contributed by atoms with Crippen LogP contribution in [-0.2, 0) is 11.2 Å². The van der Waals surface area contributed by atoms with E-state index in [1.165, 1.54) is 25.7 Å². The summed E-state index contributed by atoms with van der Waals surface area (Å²) in [6.07, 6.45) is 6.73. The van der Waals surface area contributed by atoms with E-state index < -0.39 is 0 Å². The van der Waals surface area contributed by atoms with E-state index in [1.54, 1.807) is 0 Å². The molecule has 0 aromatic heterocycles. The Morgan fingerprint density at radius 1 is 1.25 bits per heavy atom. The zero-order chi connectivity index (χ0) is 13.7. The van der Waals surface area contributed by atoms with Crippen LogP contribution in [-0.4, -0.2) is 12.5 Å². The summed E-state index contributed by atoms with van der Waals surface area (Å²) < 4.78 is 0. The Morgan fingerprint density at radius 3 is 2.40 bits per heavy atom. The number of amides is 1. The van der Waals surface area contributed by atoms with E-state index in [2.05, 4.69) is 12.2 Å². The smallest absolute Gasteiger partial charge is 0.224 e. The minimum atomic E-state index is 0. The highest BCUT2D eigenvalue weighted by atomic mass is 35.5. The molecule has 0 bridgehead atoms. The Morgan fingerprint density at radius 2 is 1.85 bits per heavy atom. The lowest BCUT2D eigenvalue weighted by molar-refractivity contribution is -0.121. The molecule has 1 aromatic carbocycles. The summed E-state index contributed by atoms with van der Waals surface area (Å²) in [4.78, 5) is 12.0. The second kappa shape index (κ2) is 7.53. The number of carbonyl (C=O) groups excluding carboxylic acids is 1. The van der Waals surface area contributed by atoms with Crippen LogP contribution in [0.3, 0.4) is 0 Å². The van der Waals surface area contributed by atoms with Crippen molar-refractivity contribution in [2.45, 2.75) is 45.4 Å². The van der Waals surface area contributed by atoms with Crippen LogP contribution in [0.5, 0.6) is 0 Å². The fourth-order valence-corrected chi connectivity index (χ4v) is 2.95. The normalized spacial score (nSPS) is 16.4. The molecule has 4 heteroatoms. The first-order valence-corrected chi connectivity index (χ1v) is 7.25. The second-order valence-corrected chi connectivity index (χ2v) is 5.76. The number of rotatable bonds is 5. The first-order valence-electron chi connectivity index (χ1n) is 7.25. The van der Waals surface area contributed by atoms with Crippen molar-refractivity contribution in [1.29, 1.82) is 0 Å². The lowest BCUT2D eigenvalue weighted by atomic mass is 9.83. The standard InChI is InChI=1S/C16H24N2O.ClH/c1-2-16(9-3-4-10-16)12-18-15(19)11-13-5-7-14(17)8-6-13;/h5-8H,2-4,9-12,17H2,1H3,(H,18,19);1H. The number of nitrogens with two attached hydrogens (primary N) is 1. The highest BCUT2D eigenvalue weighted by Crippen LogP contribution is 2.40. The van der Waals surface area contributed by atoms with E-state index in [-0.39, 0.29) is 18.3 Å². The Balaban J connectivity index is 0.00000200. The van der Waals surface area contributed by atoms with E-state index in [1.807, 2.05) is 24.3 Å². The van der Waals surface area contributed by atoms with E-state index in [9.17, 15) is 4.79 Å². The van der Waals surface area contributed by atoms with E-state index in [4.69, 9.17) is 5.73 Å². The van der Waals surface area contributed by atoms with Crippen LogP contribution in [0.2, 0.25) is 0 Å².